The number of aryl methyl sites for hydroxylation is 1. The molecule has 16 heavy (non-hydrogen) atoms. The van der Waals surface area contributed by atoms with Gasteiger partial charge in [0.05, 0.1) is 7.11 Å². The standard InChI is InChI=1S/C13H22N2O/c1-5-6-11(14)7-12-10(3)13(16-4)9(2)8-15-12/h8,11H,5-7,14H2,1-4H3. The highest BCUT2D eigenvalue weighted by Crippen LogP contribution is 2.24. The van der Waals surface area contributed by atoms with Gasteiger partial charge in [-0.25, -0.2) is 0 Å². The van der Waals surface area contributed by atoms with Gasteiger partial charge in [-0.3, -0.25) is 4.98 Å². The van der Waals surface area contributed by atoms with Crippen molar-refractivity contribution in [2.75, 3.05) is 7.11 Å². The molecule has 1 aromatic heterocycles. The van der Waals surface area contributed by atoms with Crippen molar-refractivity contribution in [1.82, 2.24) is 4.98 Å². The van der Waals surface area contributed by atoms with E-state index in [1.54, 1.807) is 7.11 Å². The van der Waals surface area contributed by atoms with Gasteiger partial charge in [-0.1, -0.05) is 13.3 Å². The van der Waals surface area contributed by atoms with E-state index in [0.29, 0.717) is 0 Å². The van der Waals surface area contributed by atoms with E-state index in [-0.39, 0.29) is 6.04 Å². The quantitative estimate of drug-likeness (QED) is 0.832. The lowest BCUT2D eigenvalue weighted by atomic mass is 10.0. The summed E-state index contributed by atoms with van der Waals surface area (Å²) in [6, 6.07) is 0.198. The average Bonchev–Trinajstić information content (AvgIpc) is 2.23. The van der Waals surface area contributed by atoms with Crippen LogP contribution >= 0.6 is 0 Å². The van der Waals surface area contributed by atoms with Gasteiger partial charge in [-0.05, 0) is 20.3 Å². The highest BCUT2D eigenvalue weighted by molar-refractivity contribution is 5.41. The molecule has 1 unspecified atom stereocenters. The first kappa shape index (κ1) is 13.0. The molecule has 2 N–H and O–H groups in total. The second-order valence-corrected chi connectivity index (χ2v) is 4.30. The van der Waals surface area contributed by atoms with Crippen molar-refractivity contribution in [2.24, 2.45) is 5.73 Å². The van der Waals surface area contributed by atoms with Gasteiger partial charge in [0.25, 0.3) is 0 Å². The molecule has 0 saturated carbocycles. The maximum absolute atomic E-state index is 6.03. The molecule has 3 heteroatoms. The topological polar surface area (TPSA) is 48.1 Å². The third-order valence-electron chi connectivity index (χ3n) is 2.86. The fraction of sp³-hybridized carbons (Fsp3) is 0.615. The van der Waals surface area contributed by atoms with Gasteiger partial charge in [-0.2, -0.15) is 0 Å². The van der Waals surface area contributed by atoms with Crippen molar-refractivity contribution in [3.05, 3.63) is 23.0 Å². The number of rotatable bonds is 5. The van der Waals surface area contributed by atoms with Gasteiger partial charge < -0.3 is 10.5 Å². The van der Waals surface area contributed by atoms with Crippen molar-refractivity contribution in [3.63, 3.8) is 0 Å². The van der Waals surface area contributed by atoms with Crippen LogP contribution in [-0.2, 0) is 6.42 Å². The number of methoxy groups -OCH3 is 1. The molecule has 0 aromatic carbocycles. The van der Waals surface area contributed by atoms with Crippen LogP contribution in [0.25, 0.3) is 0 Å². The van der Waals surface area contributed by atoms with Gasteiger partial charge in [-0.15, -0.1) is 0 Å². The van der Waals surface area contributed by atoms with E-state index in [9.17, 15) is 0 Å². The molecular weight excluding hydrogens is 200 g/mol. The second-order valence-electron chi connectivity index (χ2n) is 4.30. The lowest BCUT2D eigenvalue weighted by Crippen LogP contribution is -2.23. The number of pyridine rings is 1. The molecule has 0 aliphatic carbocycles. The summed E-state index contributed by atoms with van der Waals surface area (Å²) in [5.74, 6) is 0.939. The summed E-state index contributed by atoms with van der Waals surface area (Å²) in [4.78, 5) is 4.45. The maximum Gasteiger partial charge on any atom is 0.128 e. The van der Waals surface area contributed by atoms with Crippen LogP contribution in [0.5, 0.6) is 5.75 Å². The van der Waals surface area contributed by atoms with Crippen LogP contribution < -0.4 is 10.5 Å². The van der Waals surface area contributed by atoms with Crippen molar-refractivity contribution in [2.45, 2.75) is 46.1 Å². The van der Waals surface area contributed by atoms with E-state index in [2.05, 4.69) is 11.9 Å². The van der Waals surface area contributed by atoms with Crippen molar-refractivity contribution < 1.29 is 4.74 Å². The number of nitrogens with two attached hydrogens (primary N) is 1. The molecule has 3 nitrogen and oxygen atoms in total. The fourth-order valence-corrected chi connectivity index (χ4v) is 2.00. The molecular formula is C13H22N2O. The molecule has 1 rings (SSSR count). The Hall–Kier alpha value is -1.09. The van der Waals surface area contributed by atoms with E-state index >= 15 is 0 Å². The zero-order chi connectivity index (χ0) is 12.1. The molecule has 0 spiro atoms. The summed E-state index contributed by atoms with van der Waals surface area (Å²) < 4.78 is 5.38. The minimum absolute atomic E-state index is 0.198. The first-order valence-corrected chi connectivity index (χ1v) is 5.84. The number of hydrogen-bond acceptors (Lipinski definition) is 3. The van der Waals surface area contributed by atoms with Crippen LogP contribution in [0.3, 0.4) is 0 Å². The summed E-state index contributed by atoms with van der Waals surface area (Å²) in [7, 11) is 1.70. The molecule has 0 amide bonds. The summed E-state index contributed by atoms with van der Waals surface area (Å²) in [6.45, 7) is 6.21. The third kappa shape index (κ3) is 2.95. The molecule has 1 atom stereocenters. The largest absolute Gasteiger partial charge is 0.496 e. The van der Waals surface area contributed by atoms with E-state index < -0.39 is 0 Å². The Morgan fingerprint density at radius 3 is 2.69 bits per heavy atom. The van der Waals surface area contributed by atoms with E-state index in [4.69, 9.17) is 10.5 Å². The SMILES string of the molecule is CCCC(N)Cc1ncc(C)c(OC)c1C. The Labute approximate surface area is 98.0 Å². The van der Waals surface area contributed by atoms with Crippen molar-refractivity contribution >= 4 is 0 Å². The van der Waals surface area contributed by atoms with Gasteiger partial charge in [0, 0.05) is 35.5 Å². The predicted octanol–water partition coefficient (Wildman–Crippen LogP) is 2.38. The monoisotopic (exact) mass is 222 g/mol. The normalized spacial score (nSPS) is 12.6. The number of nitrogens with zero attached hydrogens (tertiary/aromatic N) is 1. The number of aromatic nitrogens is 1. The first-order valence-electron chi connectivity index (χ1n) is 5.84. The lowest BCUT2D eigenvalue weighted by Gasteiger charge is -2.15. The van der Waals surface area contributed by atoms with Crippen LogP contribution in [0.4, 0.5) is 0 Å². The molecule has 0 radical (unpaired) electrons. The van der Waals surface area contributed by atoms with Crippen molar-refractivity contribution in [3.8, 4) is 5.75 Å². The van der Waals surface area contributed by atoms with Crippen LogP contribution in [0, 0.1) is 13.8 Å². The number of hydrogen-bond donors (Lipinski definition) is 1. The van der Waals surface area contributed by atoms with E-state index in [0.717, 1.165) is 41.8 Å². The summed E-state index contributed by atoms with van der Waals surface area (Å²) in [6.07, 6.45) is 4.84. The average molecular weight is 222 g/mol. The Bertz CT molecular complexity index is 350. The molecule has 0 aliphatic heterocycles. The van der Waals surface area contributed by atoms with E-state index in [1.807, 2.05) is 20.0 Å². The fourth-order valence-electron chi connectivity index (χ4n) is 2.00. The minimum atomic E-state index is 0.198. The Morgan fingerprint density at radius 2 is 2.12 bits per heavy atom. The predicted molar refractivity (Wildman–Crippen MR) is 66.9 cm³/mol. The number of ether oxygens (including phenoxy) is 1. The van der Waals surface area contributed by atoms with Crippen LogP contribution in [0.1, 0.15) is 36.6 Å². The van der Waals surface area contributed by atoms with Gasteiger partial charge in [0.2, 0.25) is 0 Å². The second kappa shape index (κ2) is 5.85. The van der Waals surface area contributed by atoms with Gasteiger partial charge >= 0.3 is 0 Å². The molecule has 0 saturated heterocycles. The highest BCUT2D eigenvalue weighted by atomic mass is 16.5. The molecule has 0 fully saturated rings. The summed E-state index contributed by atoms with van der Waals surface area (Å²) in [5.41, 5.74) is 9.29. The molecule has 90 valence electrons. The summed E-state index contributed by atoms with van der Waals surface area (Å²) >= 11 is 0. The lowest BCUT2D eigenvalue weighted by molar-refractivity contribution is 0.406. The third-order valence-corrected chi connectivity index (χ3v) is 2.86. The highest BCUT2D eigenvalue weighted by Gasteiger charge is 2.12. The Morgan fingerprint density at radius 1 is 1.44 bits per heavy atom. The van der Waals surface area contributed by atoms with E-state index in [1.165, 1.54) is 0 Å². The zero-order valence-electron chi connectivity index (χ0n) is 10.7. The zero-order valence-corrected chi connectivity index (χ0v) is 10.7. The van der Waals surface area contributed by atoms with Gasteiger partial charge in [0.15, 0.2) is 0 Å². The van der Waals surface area contributed by atoms with Crippen molar-refractivity contribution in [1.29, 1.82) is 0 Å². The van der Waals surface area contributed by atoms with Crippen LogP contribution in [-0.4, -0.2) is 18.1 Å². The Balaban J connectivity index is 2.89. The molecule has 0 bridgehead atoms. The molecule has 1 heterocycles. The minimum Gasteiger partial charge on any atom is -0.496 e. The smallest absolute Gasteiger partial charge is 0.128 e. The van der Waals surface area contributed by atoms with Crippen LogP contribution in [0.2, 0.25) is 0 Å². The molecule has 1 aromatic rings. The maximum atomic E-state index is 6.03. The Kier molecular flexibility index (Phi) is 4.74. The summed E-state index contributed by atoms with van der Waals surface area (Å²) in [5, 5.41) is 0. The van der Waals surface area contributed by atoms with Gasteiger partial charge in [0.1, 0.15) is 5.75 Å². The van der Waals surface area contributed by atoms with Crippen LogP contribution in [0.15, 0.2) is 6.20 Å². The first-order chi connectivity index (χ1) is 7.60. The molecule has 0 aliphatic rings.